The third kappa shape index (κ3) is 3.14. The molecule has 0 spiro atoms. The van der Waals surface area contributed by atoms with E-state index in [2.05, 4.69) is 10.5 Å². The third-order valence-corrected chi connectivity index (χ3v) is 4.41. The van der Waals surface area contributed by atoms with Crippen LogP contribution >= 0.6 is 12.4 Å². The van der Waals surface area contributed by atoms with E-state index in [1.54, 1.807) is 0 Å². The fraction of sp³-hybridized carbons (Fsp3) is 0.500. The van der Waals surface area contributed by atoms with Gasteiger partial charge in [0.2, 0.25) is 0 Å². The molecule has 3 heterocycles. The van der Waals surface area contributed by atoms with Crippen LogP contribution in [0.2, 0.25) is 0 Å². The Kier molecular flexibility index (Phi) is 5.16. The lowest BCUT2D eigenvalue weighted by Crippen LogP contribution is -2.38. The smallest absolute Gasteiger partial charge is 0.255 e. The second-order valence-electron chi connectivity index (χ2n) is 5.98. The van der Waals surface area contributed by atoms with Gasteiger partial charge in [0.1, 0.15) is 5.76 Å². The molecule has 7 heteroatoms. The molecule has 0 aliphatic carbocycles. The number of rotatable bonds is 3. The number of aromatic nitrogens is 2. The zero-order valence-electron chi connectivity index (χ0n) is 13.9. The molecule has 1 aliphatic heterocycles. The van der Waals surface area contributed by atoms with Crippen LogP contribution in [0.3, 0.4) is 0 Å². The van der Waals surface area contributed by atoms with Crippen LogP contribution in [0, 0.1) is 20.8 Å². The molecule has 0 bridgehead atoms. The van der Waals surface area contributed by atoms with Crippen molar-refractivity contribution in [2.24, 2.45) is 0 Å². The van der Waals surface area contributed by atoms with Crippen molar-refractivity contribution >= 4 is 18.3 Å². The van der Waals surface area contributed by atoms with Crippen molar-refractivity contribution in [2.45, 2.75) is 33.2 Å². The molecular weight excluding hydrogens is 316 g/mol. The first-order chi connectivity index (χ1) is 10.5. The summed E-state index contributed by atoms with van der Waals surface area (Å²) in [6, 6.07) is 4.07. The average Bonchev–Trinajstić information content (AvgIpc) is 3.19. The summed E-state index contributed by atoms with van der Waals surface area (Å²) < 4.78 is 7.12. The van der Waals surface area contributed by atoms with Gasteiger partial charge in [-0.05, 0) is 39.8 Å². The maximum atomic E-state index is 12.8. The van der Waals surface area contributed by atoms with Crippen LogP contribution in [0.4, 0.5) is 0 Å². The molecule has 1 unspecified atom stereocenters. The van der Waals surface area contributed by atoms with E-state index in [9.17, 15) is 4.79 Å². The highest BCUT2D eigenvalue weighted by atomic mass is 35.5. The summed E-state index contributed by atoms with van der Waals surface area (Å²) in [7, 11) is 1.88. The highest BCUT2D eigenvalue weighted by Crippen LogP contribution is 2.22. The first kappa shape index (κ1) is 17.6. The number of halogens is 1. The van der Waals surface area contributed by atoms with Crippen molar-refractivity contribution < 1.29 is 9.32 Å². The third-order valence-electron chi connectivity index (χ3n) is 4.41. The van der Waals surface area contributed by atoms with Crippen molar-refractivity contribution in [3.63, 3.8) is 0 Å². The Morgan fingerprint density at radius 1 is 1.39 bits per heavy atom. The topological polar surface area (TPSA) is 63.3 Å². The van der Waals surface area contributed by atoms with Crippen LogP contribution in [-0.4, -0.2) is 46.7 Å². The largest absolute Gasteiger partial charge is 0.360 e. The highest BCUT2D eigenvalue weighted by Gasteiger charge is 2.27. The predicted octanol–water partition coefficient (Wildman–Crippen LogP) is 2.25. The van der Waals surface area contributed by atoms with Crippen molar-refractivity contribution in [3.8, 4) is 5.82 Å². The van der Waals surface area contributed by atoms with E-state index in [0.29, 0.717) is 0 Å². The van der Waals surface area contributed by atoms with Crippen molar-refractivity contribution in [1.29, 1.82) is 0 Å². The zero-order valence-corrected chi connectivity index (χ0v) is 14.7. The average molecular weight is 339 g/mol. The van der Waals surface area contributed by atoms with Gasteiger partial charge in [0.25, 0.3) is 5.91 Å². The molecule has 23 heavy (non-hydrogen) atoms. The number of amides is 1. The van der Waals surface area contributed by atoms with Crippen LogP contribution < -0.4 is 5.32 Å². The number of nitrogens with zero attached hydrogens (tertiary/aromatic N) is 3. The Bertz CT molecular complexity index is 701. The molecule has 0 saturated carbocycles. The summed E-state index contributed by atoms with van der Waals surface area (Å²) >= 11 is 0. The van der Waals surface area contributed by atoms with Crippen LogP contribution in [-0.2, 0) is 0 Å². The van der Waals surface area contributed by atoms with E-state index in [0.717, 1.165) is 48.0 Å². The Morgan fingerprint density at radius 3 is 2.70 bits per heavy atom. The van der Waals surface area contributed by atoms with Gasteiger partial charge in [0.05, 0.1) is 5.56 Å². The standard InChI is InChI=1S/C16H22N4O2.ClH/c1-10-7-14(16(21)19(4)13-5-6-17-9-13)12(3)20(10)15-8-11(2)22-18-15;/h7-8,13,17H,5-6,9H2,1-4H3;1H. The van der Waals surface area contributed by atoms with E-state index < -0.39 is 0 Å². The molecule has 2 aromatic heterocycles. The van der Waals surface area contributed by atoms with E-state index in [4.69, 9.17) is 4.52 Å². The SMILES string of the molecule is Cc1cc(-n2c(C)cc(C(=O)N(C)C3CCNC3)c2C)no1.Cl. The normalized spacial score (nSPS) is 17.1. The molecule has 1 aliphatic rings. The van der Waals surface area contributed by atoms with Crippen LogP contribution in [0.5, 0.6) is 0 Å². The molecule has 1 N–H and O–H groups in total. The quantitative estimate of drug-likeness (QED) is 0.932. The predicted molar refractivity (Wildman–Crippen MR) is 90.7 cm³/mol. The van der Waals surface area contributed by atoms with Gasteiger partial charge in [0, 0.05) is 37.1 Å². The summed E-state index contributed by atoms with van der Waals surface area (Å²) in [5.74, 6) is 1.54. The Balaban J connectivity index is 0.00000192. The molecule has 6 nitrogen and oxygen atoms in total. The van der Waals surface area contributed by atoms with E-state index in [-0.39, 0.29) is 24.4 Å². The van der Waals surface area contributed by atoms with E-state index in [1.165, 1.54) is 0 Å². The van der Waals surface area contributed by atoms with Gasteiger partial charge in [-0.25, -0.2) is 0 Å². The van der Waals surface area contributed by atoms with Gasteiger partial charge >= 0.3 is 0 Å². The van der Waals surface area contributed by atoms with Crippen molar-refractivity contribution in [2.75, 3.05) is 20.1 Å². The van der Waals surface area contributed by atoms with Gasteiger partial charge in [-0.15, -0.1) is 12.4 Å². The molecule has 0 radical (unpaired) electrons. The number of hydrogen-bond donors (Lipinski definition) is 1. The molecule has 2 aromatic rings. The van der Waals surface area contributed by atoms with Gasteiger partial charge < -0.3 is 14.7 Å². The summed E-state index contributed by atoms with van der Waals surface area (Å²) in [6.07, 6.45) is 1.00. The molecule has 1 atom stereocenters. The minimum atomic E-state index is 0. The fourth-order valence-electron chi connectivity index (χ4n) is 3.12. The monoisotopic (exact) mass is 338 g/mol. The summed E-state index contributed by atoms with van der Waals surface area (Å²) in [5.41, 5.74) is 2.60. The molecular formula is C16H23ClN4O2. The molecule has 0 aromatic carbocycles. The fourth-order valence-corrected chi connectivity index (χ4v) is 3.12. The Labute approximate surface area is 142 Å². The van der Waals surface area contributed by atoms with Crippen LogP contribution in [0.25, 0.3) is 5.82 Å². The highest BCUT2D eigenvalue weighted by molar-refractivity contribution is 5.96. The first-order valence-electron chi connectivity index (χ1n) is 7.59. The van der Waals surface area contributed by atoms with Gasteiger partial charge in [-0.2, -0.15) is 0 Å². The van der Waals surface area contributed by atoms with E-state index >= 15 is 0 Å². The summed E-state index contributed by atoms with van der Waals surface area (Å²) in [4.78, 5) is 14.6. The molecule has 1 fully saturated rings. The number of hydrogen-bond acceptors (Lipinski definition) is 4. The second kappa shape index (κ2) is 6.76. The van der Waals surface area contributed by atoms with Gasteiger partial charge in [0.15, 0.2) is 5.82 Å². The van der Waals surface area contributed by atoms with Crippen LogP contribution in [0.1, 0.15) is 33.9 Å². The molecule has 1 amide bonds. The Hall–Kier alpha value is -1.79. The van der Waals surface area contributed by atoms with Gasteiger partial charge in [-0.1, -0.05) is 5.16 Å². The minimum absolute atomic E-state index is 0. The number of likely N-dealkylation sites (N-methyl/N-ethyl adjacent to an activating group) is 1. The first-order valence-corrected chi connectivity index (χ1v) is 7.59. The lowest BCUT2D eigenvalue weighted by molar-refractivity contribution is 0.0743. The van der Waals surface area contributed by atoms with E-state index in [1.807, 2.05) is 49.4 Å². The van der Waals surface area contributed by atoms with Gasteiger partial charge in [-0.3, -0.25) is 9.36 Å². The lowest BCUT2D eigenvalue weighted by atomic mass is 10.1. The number of aryl methyl sites for hydroxylation is 2. The molecule has 1 saturated heterocycles. The summed E-state index contributed by atoms with van der Waals surface area (Å²) in [6.45, 7) is 7.62. The summed E-state index contributed by atoms with van der Waals surface area (Å²) in [5, 5.41) is 7.35. The second-order valence-corrected chi connectivity index (χ2v) is 5.98. The lowest BCUT2D eigenvalue weighted by Gasteiger charge is -2.23. The minimum Gasteiger partial charge on any atom is -0.360 e. The van der Waals surface area contributed by atoms with Crippen molar-refractivity contribution in [3.05, 3.63) is 34.8 Å². The number of carbonyl (C=O) groups is 1. The van der Waals surface area contributed by atoms with Crippen LogP contribution in [0.15, 0.2) is 16.7 Å². The molecule has 3 rings (SSSR count). The maximum absolute atomic E-state index is 12.8. The number of nitrogens with one attached hydrogen (secondary N) is 1. The maximum Gasteiger partial charge on any atom is 0.255 e. The Morgan fingerprint density at radius 2 is 2.13 bits per heavy atom. The zero-order chi connectivity index (χ0) is 15.9. The van der Waals surface area contributed by atoms with Crippen molar-refractivity contribution in [1.82, 2.24) is 19.9 Å². The number of carbonyl (C=O) groups excluding carboxylic acids is 1. The molecule has 126 valence electrons.